The summed E-state index contributed by atoms with van der Waals surface area (Å²) in [6.07, 6.45) is 2.82. The van der Waals surface area contributed by atoms with Gasteiger partial charge in [0.2, 0.25) is 0 Å². The van der Waals surface area contributed by atoms with Crippen molar-refractivity contribution < 1.29 is 19.0 Å². The average Bonchev–Trinajstić information content (AvgIpc) is 2.13. The van der Waals surface area contributed by atoms with E-state index in [9.17, 15) is 9.18 Å². The lowest BCUT2D eigenvalue weighted by atomic mass is 9.96. The first-order valence-electron chi connectivity index (χ1n) is 5.07. The molecule has 4 nitrogen and oxygen atoms in total. The molecule has 86 valence electrons. The van der Waals surface area contributed by atoms with E-state index >= 15 is 0 Å². The van der Waals surface area contributed by atoms with E-state index in [1.54, 1.807) is 0 Å². The topological polar surface area (TPSA) is 72.5 Å². The fraction of sp³-hybridized carbons (Fsp3) is 0.364. The molecule has 0 aromatic heterocycles. The van der Waals surface area contributed by atoms with Gasteiger partial charge in [-0.1, -0.05) is 0 Å². The molecule has 0 bridgehead atoms. The molecule has 1 aliphatic rings. The third-order valence-corrected chi connectivity index (χ3v) is 2.68. The number of aromatic carboxylic acids is 1. The molecule has 16 heavy (non-hydrogen) atoms. The van der Waals surface area contributed by atoms with Gasteiger partial charge in [-0.2, -0.15) is 0 Å². The number of carboxylic acids is 1. The maximum absolute atomic E-state index is 13.4. The van der Waals surface area contributed by atoms with Crippen molar-refractivity contribution in [2.24, 2.45) is 0 Å². The normalized spacial score (nSPS) is 15.6. The van der Waals surface area contributed by atoms with E-state index in [-0.39, 0.29) is 23.1 Å². The zero-order chi connectivity index (χ0) is 11.7. The third-order valence-electron chi connectivity index (χ3n) is 2.68. The monoisotopic (exact) mass is 225 g/mol. The van der Waals surface area contributed by atoms with Gasteiger partial charge >= 0.3 is 5.97 Å². The van der Waals surface area contributed by atoms with Crippen molar-refractivity contribution in [3.63, 3.8) is 0 Å². The average molecular weight is 225 g/mol. The minimum absolute atomic E-state index is 0.000214. The highest BCUT2D eigenvalue weighted by atomic mass is 19.1. The van der Waals surface area contributed by atoms with E-state index in [1.807, 2.05) is 0 Å². The molecule has 1 aromatic rings. The Labute approximate surface area is 91.8 Å². The summed E-state index contributed by atoms with van der Waals surface area (Å²) >= 11 is 0. The van der Waals surface area contributed by atoms with Gasteiger partial charge in [-0.15, -0.1) is 0 Å². The number of carbonyl (C=O) groups is 1. The lowest BCUT2D eigenvalue weighted by Gasteiger charge is -2.26. The molecule has 0 atom stereocenters. The van der Waals surface area contributed by atoms with Crippen molar-refractivity contribution in [2.45, 2.75) is 25.4 Å². The Morgan fingerprint density at radius 2 is 2.19 bits per heavy atom. The molecule has 0 amide bonds. The summed E-state index contributed by atoms with van der Waals surface area (Å²) in [6, 6.07) is 2.13. The van der Waals surface area contributed by atoms with Crippen LogP contribution in [0.3, 0.4) is 0 Å². The van der Waals surface area contributed by atoms with Gasteiger partial charge in [0, 0.05) is 11.8 Å². The fourth-order valence-electron chi connectivity index (χ4n) is 1.51. The number of nitrogen functional groups attached to an aromatic ring is 1. The second-order valence-corrected chi connectivity index (χ2v) is 3.85. The lowest BCUT2D eigenvalue weighted by Crippen LogP contribution is -2.25. The Bertz CT molecular complexity index is 429. The van der Waals surface area contributed by atoms with Crippen molar-refractivity contribution in [2.75, 3.05) is 5.73 Å². The van der Waals surface area contributed by atoms with Crippen LogP contribution in [-0.2, 0) is 0 Å². The van der Waals surface area contributed by atoms with Crippen molar-refractivity contribution in [1.82, 2.24) is 0 Å². The quantitative estimate of drug-likeness (QED) is 0.772. The van der Waals surface area contributed by atoms with E-state index in [0.29, 0.717) is 0 Å². The van der Waals surface area contributed by atoms with Crippen LogP contribution >= 0.6 is 0 Å². The summed E-state index contributed by atoms with van der Waals surface area (Å²) in [4.78, 5) is 10.8. The van der Waals surface area contributed by atoms with Gasteiger partial charge < -0.3 is 15.6 Å². The van der Waals surface area contributed by atoms with Crippen molar-refractivity contribution >= 4 is 11.7 Å². The first-order chi connectivity index (χ1) is 7.58. The van der Waals surface area contributed by atoms with Gasteiger partial charge in [0.1, 0.15) is 0 Å². The van der Waals surface area contributed by atoms with E-state index < -0.39 is 11.8 Å². The zero-order valence-electron chi connectivity index (χ0n) is 8.57. The SMILES string of the molecule is Nc1cc(F)c(OC2CCC2)cc1C(=O)O. The van der Waals surface area contributed by atoms with E-state index in [1.165, 1.54) is 0 Å². The number of hydrogen-bond acceptors (Lipinski definition) is 3. The predicted octanol–water partition coefficient (Wildman–Crippen LogP) is 2.04. The molecule has 1 fully saturated rings. The molecule has 0 heterocycles. The largest absolute Gasteiger partial charge is 0.487 e. The molecule has 5 heteroatoms. The second kappa shape index (κ2) is 4.00. The minimum atomic E-state index is -1.18. The van der Waals surface area contributed by atoms with Crippen LogP contribution < -0.4 is 10.5 Å². The Kier molecular flexibility index (Phi) is 2.68. The van der Waals surface area contributed by atoms with Crippen LogP contribution in [0.4, 0.5) is 10.1 Å². The third kappa shape index (κ3) is 1.93. The zero-order valence-corrected chi connectivity index (χ0v) is 8.57. The summed E-state index contributed by atoms with van der Waals surface area (Å²) in [5.74, 6) is -1.83. The summed E-state index contributed by atoms with van der Waals surface area (Å²) in [5.41, 5.74) is 5.17. The molecule has 0 radical (unpaired) electrons. The number of ether oxygens (including phenoxy) is 1. The van der Waals surface area contributed by atoms with Crippen LogP contribution in [0, 0.1) is 5.82 Å². The van der Waals surface area contributed by atoms with Crippen LogP contribution in [0.1, 0.15) is 29.6 Å². The molecule has 1 aromatic carbocycles. The summed E-state index contributed by atoms with van der Waals surface area (Å²) < 4.78 is 18.7. The second-order valence-electron chi connectivity index (χ2n) is 3.85. The molecule has 1 saturated carbocycles. The number of rotatable bonds is 3. The Morgan fingerprint density at radius 3 is 2.69 bits per heavy atom. The van der Waals surface area contributed by atoms with Gasteiger partial charge in [0.05, 0.1) is 11.7 Å². The molecule has 3 N–H and O–H groups in total. The molecular weight excluding hydrogens is 213 g/mol. The Balaban J connectivity index is 2.28. The summed E-state index contributed by atoms with van der Waals surface area (Å²) in [7, 11) is 0. The fourth-order valence-corrected chi connectivity index (χ4v) is 1.51. The van der Waals surface area contributed by atoms with Crippen LogP contribution in [-0.4, -0.2) is 17.2 Å². The van der Waals surface area contributed by atoms with Gasteiger partial charge in [0.25, 0.3) is 0 Å². The van der Waals surface area contributed by atoms with Crippen LogP contribution in [0.5, 0.6) is 5.75 Å². The molecule has 0 saturated heterocycles. The summed E-state index contributed by atoms with van der Waals surface area (Å²) in [6.45, 7) is 0. The van der Waals surface area contributed by atoms with Gasteiger partial charge in [-0.3, -0.25) is 0 Å². The highest BCUT2D eigenvalue weighted by molar-refractivity contribution is 5.94. The maximum atomic E-state index is 13.4. The van der Waals surface area contributed by atoms with E-state index in [2.05, 4.69) is 0 Å². The molecule has 0 aliphatic heterocycles. The molecule has 1 aliphatic carbocycles. The number of halogens is 1. The van der Waals surface area contributed by atoms with Crippen molar-refractivity contribution in [3.8, 4) is 5.75 Å². The van der Waals surface area contributed by atoms with Crippen LogP contribution in [0.15, 0.2) is 12.1 Å². The van der Waals surface area contributed by atoms with Crippen molar-refractivity contribution in [1.29, 1.82) is 0 Å². The highest BCUT2D eigenvalue weighted by Crippen LogP contribution is 2.29. The van der Waals surface area contributed by atoms with Gasteiger partial charge in [-0.05, 0) is 25.3 Å². The van der Waals surface area contributed by atoms with E-state index in [0.717, 1.165) is 31.4 Å². The number of benzene rings is 1. The number of carboxylic acid groups (broad SMARTS) is 1. The van der Waals surface area contributed by atoms with Gasteiger partial charge in [0.15, 0.2) is 11.6 Å². The van der Waals surface area contributed by atoms with Crippen molar-refractivity contribution in [3.05, 3.63) is 23.5 Å². The number of nitrogens with two attached hydrogens (primary N) is 1. The first-order valence-corrected chi connectivity index (χ1v) is 5.07. The molecule has 0 spiro atoms. The molecule has 0 unspecified atom stereocenters. The standard InChI is InChI=1S/C11H12FNO3/c12-8-5-9(13)7(11(14)15)4-10(8)16-6-2-1-3-6/h4-6H,1-3,13H2,(H,14,15). The lowest BCUT2D eigenvalue weighted by molar-refractivity contribution is 0.0695. The van der Waals surface area contributed by atoms with Crippen LogP contribution in [0.25, 0.3) is 0 Å². The smallest absolute Gasteiger partial charge is 0.337 e. The maximum Gasteiger partial charge on any atom is 0.337 e. The minimum Gasteiger partial charge on any atom is -0.487 e. The number of anilines is 1. The van der Waals surface area contributed by atoms with E-state index in [4.69, 9.17) is 15.6 Å². The Morgan fingerprint density at radius 1 is 1.50 bits per heavy atom. The Hall–Kier alpha value is -1.78. The predicted molar refractivity (Wildman–Crippen MR) is 56.0 cm³/mol. The summed E-state index contributed by atoms with van der Waals surface area (Å²) in [5, 5.41) is 8.83. The van der Waals surface area contributed by atoms with Crippen LogP contribution in [0.2, 0.25) is 0 Å². The molecular formula is C11H12FNO3. The van der Waals surface area contributed by atoms with Gasteiger partial charge in [-0.25, -0.2) is 9.18 Å². The number of hydrogen-bond donors (Lipinski definition) is 2. The molecule has 2 rings (SSSR count). The highest BCUT2D eigenvalue weighted by Gasteiger charge is 2.22. The first kappa shape index (κ1) is 10.7.